The molecule has 1 N–H and O–H groups in total. The van der Waals surface area contributed by atoms with E-state index in [9.17, 15) is 4.79 Å². The minimum absolute atomic E-state index is 0.478. The maximum Gasteiger partial charge on any atom is 0.310 e. The lowest BCUT2D eigenvalue weighted by Crippen LogP contribution is -2.10. The van der Waals surface area contributed by atoms with E-state index >= 15 is 0 Å². The SMILES string of the molecule is CC(C(=O)O)c1ccc(-c2ccccc2)c(P)c1. The van der Waals surface area contributed by atoms with Gasteiger partial charge in [0.1, 0.15) is 0 Å². The van der Waals surface area contributed by atoms with Crippen LogP contribution in [0.25, 0.3) is 11.1 Å². The van der Waals surface area contributed by atoms with Crippen LogP contribution in [0.15, 0.2) is 48.5 Å². The summed E-state index contributed by atoms with van der Waals surface area (Å²) < 4.78 is 0. The number of hydrogen-bond donors (Lipinski definition) is 1. The Balaban J connectivity index is 2.40. The largest absolute Gasteiger partial charge is 0.481 e. The lowest BCUT2D eigenvalue weighted by Gasteiger charge is -2.11. The van der Waals surface area contributed by atoms with E-state index in [1.165, 1.54) is 0 Å². The van der Waals surface area contributed by atoms with Crippen molar-refractivity contribution in [2.75, 3.05) is 0 Å². The zero-order valence-electron chi connectivity index (χ0n) is 10.1. The third-order valence-electron chi connectivity index (χ3n) is 3.03. The second kappa shape index (κ2) is 5.32. The lowest BCUT2D eigenvalue weighted by atomic mass is 9.97. The molecule has 2 rings (SSSR count). The average Bonchev–Trinajstić information content (AvgIpc) is 2.38. The number of rotatable bonds is 3. The molecule has 3 heteroatoms. The number of benzene rings is 2. The van der Waals surface area contributed by atoms with E-state index in [4.69, 9.17) is 5.11 Å². The summed E-state index contributed by atoms with van der Waals surface area (Å²) in [5.74, 6) is -1.28. The van der Waals surface area contributed by atoms with Crippen molar-refractivity contribution in [2.45, 2.75) is 12.8 Å². The van der Waals surface area contributed by atoms with Gasteiger partial charge in [-0.2, -0.15) is 0 Å². The molecule has 0 aliphatic rings. The molecular formula is C15H15O2P. The first kappa shape index (κ1) is 12.8. The minimum atomic E-state index is -0.799. The fourth-order valence-electron chi connectivity index (χ4n) is 1.87. The Morgan fingerprint density at radius 2 is 1.83 bits per heavy atom. The summed E-state index contributed by atoms with van der Waals surface area (Å²) in [5, 5.41) is 10.0. The van der Waals surface area contributed by atoms with Gasteiger partial charge in [0.15, 0.2) is 0 Å². The molecule has 0 aliphatic heterocycles. The first-order chi connectivity index (χ1) is 8.59. The van der Waals surface area contributed by atoms with Gasteiger partial charge < -0.3 is 5.11 Å². The van der Waals surface area contributed by atoms with Crippen LogP contribution in [-0.2, 0) is 4.79 Å². The second-order valence-corrected chi connectivity index (χ2v) is 4.89. The topological polar surface area (TPSA) is 37.3 Å². The van der Waals surface area contributed by atoms with E-state index in [2.05, 4.69) is 9.24 Å². The summed E-state index contributed by atoms with van der Waals surface area (Å²) in [6.07, 6.45) is 0. The molecule has 0 fully saturated rings. The van der Waals surface area contributed by atoms with Crippen LogP contribution in [0.3, 0.4) is 0 Å². The molecule has 0 aliphatic carbocycles. The van der Waals surface area contributed by atoms with Crippen molar-refractivity contribution >= 4 is 20.5 Å². The highest BCUT2D eigenvalue weighted by Gasteiger charge is 2.14. The van der Waals surface area contributed by atoms with Crippen molar-refractivity contribution in [1.29, 1.82) is 0 Å². The molecule has 2 aromatic carbocycles. The van der Waals surface area contributed by atoms with Gasteiger partial charge in [-0.25, -0.2) is 0 Å². The standard InChI is InChI=1S/C15H15O2P/c1-10(15(16)17)12-7-8-13(14(18)9-12)11-5-3-2-4-6-11/h2-10H,18H2,1H3,(H,16,17). The molecule has 0 saturated heterocycles. The van der Waals surface area contributed by atoms with Gasteiger partial charge in [-0.3, -0.25) is 4.79 Å². The van der Waals surface area contributed by atoms with Gasteiger partial charge in [0.25, 0.3) is 0 Å². The summed E-state index contributed by atoms with van der Waals surface area (Å²) >= 11 is 0. The van der Waals surface area contributed by atoms with Crippen LogP contribution in [0.5, 0.6) is 0 Å². The smallest absolute Gasteiger partial charge is 0.310 e. The molecule has 18 heavy (non-hydrogen) atoms. The van der Waals surface area contributed by atoms with Gasteiger partial charge in [0, 0.05) is 0 Å². The summed E-state index contributed by atoms with van der Waals surface area (Å²) in [4.78, 5) is 11.0. The van der Waals surface area contributed by atoms with Crippen LogP contribution < -0.4 is 5.30 Å². The van der Waals surface area contributed by atoms with E-state index in [0.717, 1.165) is 22.0 Å². The quantitative estimate of drug-likeness (QED) is 0.859. The van der Waals surface area contributed by atoms with E-state index in [1.54, 1.807) is 6.92 Å². The first-order valence-corrected chi connectivity index (χ1v) is 6.35. The normalized spacial score (nSPS) is 12.1. The van der Waals surface area contributed by atoms with Crippen LogP contribution >= 0.6 is 9.24 Å². The minimum Gasteiger partial charge on any atom is -0.481 e. The molecule has 2 nitrogen and oxygen atoms in total. The van der Waals surface area contributed by atoms with Crippen LogP contribution in [0.2, 0.25) is 0 Å². The Morgan fingerprint density at radius 1 is 1.17 bits per heavy atom. The van der Waals surface area contributed by atoms with E-state index in [-0.39, 0.29) is 0 Å². The molecule has 0 aromatic heterocycles. The van der Waals surface area contributed by atoms with Crippen LogP contribution in [0.4, 0.5) is 0 Å². The first-order valence-electron chi connectivity index (χ1n) is 5.77. The Bertz CT molecular complexity index is 564. The Labute approximate surface area is 109 Å². The molecule has 0 bridgehead atoms. The molecule has 0 saturated carbocycles. The van der Waals surface area contributed by atoms with Crippen molar-refractivity contribution in [3.63, 3.8) is 0 Å². The van der Waals surface area contributed by atoms with Gasteiger partial charge in [-0.1, -0.05) is 48.5 Å². The third kappa shape index (κ3) is 2.60. The summed E-state index contributed by atoms with van der Waals surface area (Å²) in [6, 6.07) is 15.8. The zero-order chi connectivity index (χ0) is 13.1. The van der Waals surface area contributed by atoms with E-state index < -0.39 is 11.9 Å². The maximum atomic E-state index is 11.0. The average molecular weight is 258 g/mol. The number of carbonyl (C=O) groups is 1. The predicted octanol–water partition coefficient (Wildman–Crippen LogP) is 3.04. The van der Waals surface area contributed by atoms with Gasteiger partial charge in [-0.05, 0) is 28.9 Å². The van der Waals surface area contributed by atoms with Crippen LogP contribution in [-0.4, -0.2) is 11.1 Å². The van der Waals surface area contributed by atoms with Crippen molar-refractivity contribution in [1.82, 2.24) is 0 Å². The fourth-order valence-corrected chi connectivity index (χ4v) is 2.33. The highest BCUT2D eigenvalue weighted by atomic mass is 31.0. The van der Waals surface area contributed by atoms with Gasteiger partial charge in [-0.15, -0.1) is 9.24 Å². The highest BCUT2D eigenvalue weighted by molar-refractivity contribution is 7.28. The zero-order valence-corrected chi connectivity index (χ0v) is 11.3. The highest BCUT2D eigenvalue weighted by Crippen LogP contribution is 2.22. The van der Waals surface area contributed by atoms with E-state index in [1.807, 2.05) is 48.5 Å². The molecule has 2 atom stereocenters. The maximum absolute atomic E-state index is 11.0. The number of carboxylic acid groups (broad SMARTS) is 1. The molecular weight excluding hydrogens is 243 g/mol. The predicted molar refractivity (Wildman–Crippen MR) is 77.3 cm³/mol. The van der Waals surface area contributed by atoms with Crippen LogP contribution in [0.1, 0.15) is 18.4 Å². The Kier molecular flexibility index (Phi) is 3.78. The van der Waals surface area contributed by atoms with Crippen molar-refractivity contribution in [3.8, 4) is 11.1 Å². The third-order valence-corrected chi connectivity index (χ3v) is 3.51. The monoisotopic (exact) mass is 258 g/mol. The van der Waals surface area contributed by atoms with Gasteiger partial charge >= 0.3 is 5.97 Å². The fraction of sp³-hybridized carbons (Fsp3) is 0.133. The molecule has 0 radical (unpaired) electrons. The molecule has 0 heterocycles. The Hall–Kier alpha value is -1.66. The number of aliphatic carboxylic acids is 1. The number of hydrogen-bond acceptors (Lipinski definition) is 1. The molecule has 92 valence electrons. The van der Waals surface area contributed by atoms with E-state index in [0.29, 0.717) is 0 Å². The summed E-state index contributed by atoms with van der Waals surface area (Å²) in [6.45, 7) is 1.70. The van der Waals surface area contributed by atoms with Gasteiger partial charge in [0.05, 0.1) is 5.92 Å². The lowest BCUT2D eigenvalue weighted by molar-refractivity contribution is -0.138. The molecule has 0 spiro atoms. The van der Waals surface area contributed by atoms with Crippen molar-refractivity contribution < 1.29 is 9.90 Å². The van der Waals surface area contributed by atoms with Gasteiger partial charge in [0.2, 0.25) is 0 Å². The Morgan fingerprint density at radius 3 is 2.39 bits per heavy atom. The second-order valence-electron chi connectivity index (χ2n) is 4.27. The van der Waals surface area contributed by atoms with Crippen LogP contribution in [0, 0.1) is 0 Å². The molecule has 2 aromatic rings. The molecule has 0 amide bonds. The van der Waals surface area contributed by atoms with Crippen molar-refractivity contribution in [3.05, 3.63) is 54.1 Å². The summed E-state index contributed by atoms with van der Waals surface area (Å²) in [7, 11) is 2.68. The molecule has 2 unspecified atom stereocenters. The summed E-state index contributed by atoms with van der Waals surface area (Å²) in [5.41, 5.74) is 3.08. The van der Waals surface area contributed by atoms with Crippen molar-refractivity contribution in [2.24, 2.45) is 0 Å². The number of carboxylic acids is 1.